The number of nitrogens with zero attached hydrogens (tertiary/aromatic N) is 2. The van der Waals surface area contributed by atoms with Crippen LogP contribution < -0.4 is 0 Å². The molecule has 0 saturated heterocycles. The maximum Gasteiger partial charge on any atom is 0.0723 e. The summed E-state index contributed by atoms with van der Waals surface area (Å²) in [5.41, 5.74) is 4.98. The minimum atomic E-state index is 0.304. The van der Waals surface area contributed by atoms with Crippen molar-refractivity contribution in [3.8, 4) is 0 Å². The van der Waals surface area contributed by atoms with Crippen LogP contribution in [0.1, 0.15) is 47.9 Å². The lowest BCUT2D eigenvalue weighted by atomic mass is 9.91. The topological polar surface area (TPSA) is 24.7 Å². The first-order chi connectivity index (χ1) is 11.7. The highest BCUT2D eigenvalue weighted by molar-refractivity contribution is 5.82. The molecule has 0 unspecified atom stereocenters. The van der Waals surface area contributed by atoms with E-state index in [9.17, 15) is 0 Å². The summed E-state index contributed by atoms with van der Waals surface area (Å²) in [6, 6.07) is 17.4. The Kier molecular flexibility index (Phi) is 5.58. The van der Waals surface area contributed by atoms with Crippen LogP contribution >= 0.6 is 0 Å². The van der Waals surface area contributed by atoms with Gasteiger partial charge in [0.2, 0.25) is 0 Å². The standard InChI is InChI=1S/C22H26N2/c1-17-9-3-5-11-19(17)15-23-21-13-7-8-14-22(21)24-16-20-12-6-4-10-18(20)2/h3-6,9-12,15-16,21-22H,7-8,13-14H2,1-2H3/t21-,22-/m1/s1. The van der Waals surface area contributed by atoms with E-state index >= 15 is 0 Å². The van der Waals surface area contributed by atoms with Crippen LogP contribution in [-0.4, -0.2) is 24.5 Å². The van der Waals surface area contributed by atoms with Crippen LogP contribution in [0.2, 0.25) is 0 Å². The highest BCUT2D eigenvalue weighted by atomic mass is 14.9. The molecule has 1 aliphatic rings. The van der Waals surface area contributed by atoms with Gasteiger partial charge in [-0.1, -0.05) is 61.4 Å². The molecular formula is C22H26N2. The van der Waals surface area contributed by atoms with Crippen molar-refractivity contribution in [1.82, 2.24) is 0 Å². The minimum Gasteiger partial charge on any atom is -0.287 e. The summed E-state index contributed by atoms with van der Waals surface area (Å²) in [5, 5.41) is 0. The smallest absolute Gasteiger partial charge is 0.0723 e. The molecule has 0 radical (unpaired) electrons. The first-order valence-electron chi connectivity index (χ1n) is 8.91. The monoisotopic (exact) mass is 318 g/mol. The van der Waals surface area contributed by atoms with Gasteiger partial charge >= 0.3 is 0 Å². The van der Waals surface area contributed by atoms with Crippen LogP contribution in [0.15, 0.2) is 58.5 Å². The molecule has 3 rings (SSSR count). The van der Waals surface area contributed by atoms with Crippen molar-refractivity contribution in [1.29, 1.82) is 0 Å². The number of hydrogen-bond donors (Lipinski definition) is 0. The average molecular weight is 318 g/mol. The van der Waals surface area contributed by atoms with Crippen molar-refractivity contribution in [2.45, 2.75) is 51.6 Å². The third kappa shape index (κ3) is 4.19. The van der Waals surface area contributed by atoms with Gasteiger partial charge in [0.25, 0.3) is 0 Å². The van der Waals surface area contributed by atoms with Gasteiger partial charge in [-0.2, -0.15) is 0 Å². The zero-order chi connectivity index (χ0) is 16.8. The average Bonchev–Trinajstić information content (AvgIpc) is 2.61. The Hall–Kier alpha value is -2.22. The predicted octanol–water partition coefficient (Wildman–Crippen LogP) is 5.15. The van der Waals surface area contributed by atoms with Crippen molar-refractivity contribution in [3.05, 3.63) is 70.8 Å². The molecule has 0 N–H and O–H groups in total. The molecule has 24 heavy (non-hydrogen) atoms. The molecule has 0 amide bonds. The third-order valence-electron chi connectivity index (χ3n) is 4.88. The van der Waals surface area contributed by atoms with Crippen molar-refractivity contribution < 1.29 is 0 Å². The van der Waals surface area contributed by atoms with E-state index in [0.29, 0.717) is 12.1 Å². The zero-order valence-electron chi connectivity index (χ0n) is 14.7. The summed E-state index contributed by atoms with van der Waals surface area (Å²) in [5.74, 6) is 0. The lowest BCUT2D eigenvalue weighted by Crippen LogP contribution is -2.27. The van der Waals surface area contributed by atoms with Gasteiger partial charge in [-0.05, 0) is 48.9 Å². The Labute approximate surface area is 145 Å². The molecule has 0 heterocycles. The summed E-state index contributed by atoms with van der Waals surface area (Å²) in [4.78, 5) is 9.78. The third-order valence-corrected chi connectivity index (χ3v) is 4.88. The maximum absolute atomic E-state index is 4.89. The first kappa shape index (κ1) is 16.6. The molecule has 0 bridgehead atoms. The fourth-order valence-corrected chi connectivity index (χ4v) is 3.25. The largest absolute Gasteiger partial charge is 0.287 e. The van der Waals surface area contributed by atoms with Crippen molar-refractivity contribution in [2.24, 2.45) is 9.98 Å². The Morgan fingerprint density at radius 3 is 1.54 bits per heavy atom. The van der Waals surface area contributed by atoms with E-state index in [2.05, 4.69) is 62.4 Å². The fraction of sp³-hybridized carbons (Fsp3) is 0.364. The van der Waals surface area contributed by atoms with Gasteiger partial charge in [-0.25, -0.2) is 0 Å². The van der Waals surface area contributed by atoms with Gasteiger partial charge in [0, 0.05) is 12.4 Å². The number of rotatable bonds is 4. The molecule has 2 atom stereocenters. The lowest BCUT2D eigenvalue weighted by molar-refractivity contribution is 0.390. The molecule has 0 spiro atoms. The Balaban J connectivity index is 1.74. The van der Waals surface area contributed by atoms with E-state index in [1.54, 1.807) is 0 Å². The van der Waals surface area contributed by atoms with Gasteiger partial charge < -0.3 is 0 Å². The second-order valence-electron chi connectivity index (χ2n) is 6.69. The molecule has 2 aromatic carbocycles. The van der Waals surface area contributed by atoms with Gasteiger partial charge in [0.1, 0.15) is 0 Å². The molecule has 2 nitrogen and oxygen atoms in total. The number of aryl methyl sites for hydroxylation is 2. The van der Waals surface area contributed by atoms with Crippen molar-refractivity contribution in [3.63, 3.8) is 0 Å². The molecule has 1 fully saturated rings. The Morgan fingerprint density at radius 1 is 0.708 bits per heavy atom. The first-order valence-corrected chi connectivity index (χ1v) is 8.91. The van der Waals surface area contributed by atoms with Crippen LogP contribution in [0.3, 0.4) is 0 Å². The molecule has 2 aromatic rings. The Bertz CT molecular complexity index is 667. The Morgan fingerprint density at radius 2 is 1.12 bits per heavy atom. The van der Waals surface area contributed by atoms with Crippen molar-refractivity contribution >= 4 is 12.4 Å². The van der Waals surface area contributed by atoms with E-state index in [0.717, 1.165) is 12.8 Å². The van der Waals surface area contributed by atoms with Gasteiger partial charge in [-0.3, -0.25) is 9.98 Å². The summed E-state index contributed by atoms with van der Waals surface area (Å²) < 4.78 is 0. The van der Waals surface area contributed by atoms with Crippen LogP contribution in [-0.2, 0) is 0 Å². The van der Waals surface area contributed by atoms with Crippen LogP contribution in [0.4, 0.5) is 0 Å². The SMILES string of the molecule is Cc1ccccc1C=N[C@@H]1CCCC[C@H]1N=Cc1ccccc1C. The molecule has 124 valence electrons. The molecule has 1 saturated carbocycles. The number of hydrogen-bond acceptors (Lipinski definition) is 2. The maximum atomic E-state index is 4.89. The normalized spacial score (nSPS) is 21.6. The van der Waals surface area contributed by atoms with Gasteiger partial charge in [0.05, 0.1) is 12.1 Å². The molecule has 0 aromatic heterocycles. The van der Waals surface area contributed by atoms with Crippen LogP contribution in [0, 0.1) is 13.8 Å². The van der Waals surface area contributed by atoms with E-state index in [4.69, 9.17) is 9.98 Å². The summed E-state index contributed by atoms with van der Waals surface area (Å²) >= 11 is 0. The highest BCUT2D eigenvalue weighted by Crippen LogP contribution is 2.24. The zero-order valence-corrected chi connectivity index (χ0v) is 14.7. The van der Waals surface area contributed by atoms with E-state index < -0.39 is 0 Å². The number of aliphatic imine (C=N–C) groups is 2. The summed E-state index contributed by atoms with van der Waals surface area (Å²) in [6.07, 6.45) is 8.87. The van der Waals surface area contributed by atoms with E-state index in [1.807, 2.05) is 12.4 Å². The molecule has 1 aliphatic carbocycles. The van der Waals surface area contributed by atoms with Gasteiger partial charge in [-0.15, -0.1) is 0 Å². The lowest BCUT2D eigenvalue weighted by Gasteiger charge is -2.25. The molecular weight excluding hydrogens is 292 g/mol. The quantitative estimate of drug-likeness (QED) is 0.696. The predicted molar refractivity (Wildman–Crippen MR) is 104 cm³/mol. The van der Waals surface area contributed by atoms with E-state index in [1.165, 1.54) is 35.1 Å². The number of benzene rings is 2. The summed E-state index contributed by atoms with van der Waals surface area (Å²) in [6.45, 7) is 4.27. The van der Waals surface area contributed by atoms with Crippen LogP contribution in [0.25, 0.3) is 0 Å². The van der Waals surface area contributed by atoms with Gasteiger partial charge in [0.15, 0.2) is 0 Å². The minimum absolute atomic E-state index is 0.304. The van der Waals surface area contributed by atoms with E-state index in [-0.39, 0.29) is 0 Å². The second-order valence-corrected chi connectivity index (χ2v) is 6.69. The highest BCUT2D eigenvalue weighted by Gasteiger charge is 2.23. The fourth-order valence-electron chi connectivity index (χ4n) is 3.25. The molecule has 2 heteroatoms. The van der Waals surface area contributed by atoms with Crippen LogP contribution in [0.5, 0.6) is 0 Å². The van der Waals surface area contributed by atoms with Crippen molar-refractivity contribution in [2.75, 3.05) is 0 Å². The molecule has 0 aliphatic heterocycles. The second kappa shape index (κ2) is 8.05. The summed E-state index contributed by atoms with van der Waals surface area (Å²) in [7, 11) is 0.